The van der Waals surface area contributed by atoms with E-state index in [-0.39, 0.29) is 17.6 Å². The number of nitrogens with one attached hydrogen (secondary N) is 1. The van der Waals surface area contributed by atoms with Crippen molar-refractivity contribution in [2.24, 2.45) is 16.9 Å². The number of ketones is 1. The van der Waals surface area contributed by atoms with Crippen LogP contribution in [0.5, 0.6) is 5.75 Å². The van der Waals surface area contributed by atoms with Gasteiger partial charge in [0, 0.05) is 11.8 Å². The van der Waals surface area contributed by atoms with Gasteiger partial charge in [-0.25, -0.2) is 4.98 Å². The SMILES string of the molecule is COc1ccc2nc(N/N=C3/C(=O)C=C[C@H]4C=CC=C[C@@H]34)sc2c1. The summed E-state index contributed by atoms with van der Waals surface area (Å²) in [4.78, 5) is 16.7. The van der Waals surface area contributed by atoms with Crippen LogP contribution in [-0.2, 0) is 4.79 Å². The quantitative estimate of drug-likeness (QED) is 0.870. The number of methoxy groups -OCH3 is 1. The predicted octanol–water partition coefficient (Wildman–Crippen LogP) is 3.57. The number of rotatable bonds is 3. The van der Waals surface area contributed by atoms with Gasteiger partial charge in [0.2, 0.25) is 10.9 Å². The maximum atomic E-state index is 12.2. The van der Waals surface area contributed by atoms with E-state index in [1.54, 1.807) is 13.2 Å². The van der Waals surface area contributed by atoms with Gasteiger partial charge < -0.3 is 4.74 Å². The third-order valence-corrected chi connectivity index (χ3v) is 5.01. The smallest absolute Gasteiger partial charge is 0.204 e. The maximum absolute atomic E-state index is 12.2. The van der Waals surface area contributed by atoms with Crippen LogP contribution in [0.15, 0.2) is 59.8 Å². The summed E-state index contributed by atoms with van der Waals surface area (Å²) in [5, 5.41) is 5.01. The molecule has 1 N–H and O–H groups in total. The van der Waals surface area contributed by atoms with Crippen LogP contribution < -0.4 is 10.2 Å². The number of anilines is 1. The summed E-state index contributed by atoms with van der Waals surface area (Å²) in [7, 11) is 1.64. The Balaban J connectivity index is 1.62. The largest absolute Gasteiger partial charge is 0.497 e. The van der Waals surface area contributed by atoms with Gasteiger partial charge in [0.1, 0.15) is 11.5 Å². The summed E-state index contributed by atoms with van der Waals surface area (Å²) in [6.07, 6.45) is 11.5. The molecule has 6 heteroatoms. The Morgan fingerprint density at radius 3 is 3.00 bits per heavy atom. The Morgan fingerprint density at radius 2 is 2.12 bits per heavy atom. The number of aromatic nitrogens is 1. The summed E-state index contributed by atoms with van der Waals surface area (Å²) in [5.41, 5.74) is 4.33. The van der Waals surface area contributed by atoms with Crippen molar-refractivity contribution < 1.29 is 9.53 Å². The molecule has 0 spiro atoms. The van der Waals surface area contributed by atoms with Gasteiger partial charge in [0.15, 0.2) is 0 Å². The van der Waals surface area contributed by atoms with E-state index in [0.29, 0.717) is 10.8 Å². The highest BCUT2D eigenvalue weighted by molar-refractivity contribution is 7.22. The molecule has 120 valence electrons. The van der Waals surface area contributed by atoms with Crippen LogP contribution in [0.1, 0.15) is 0 Å². The fraction of sp³-hybridized carbons (Fsp3) is 0.167. The number of carbonyl (C=O) groups is 1. The highest BCUT2D eigenvalue weighted by atomic mass is 32.1. The molecule has 0 saturated carbocycles. The number of thiazole rings is 1. The Kier molecular flexibility index (Phi) is 3.74. The summed E-state index contributed by atoms with van der Waals surface area (Å²) in [6.45, 7) is 0. The molecule has 0 amide bonds. The van der Waals surface area contributed by atoms with Crippen molar-refractivity contribution >= 4 is 38.2 Å². The second kappa shape index (κ2) is 6.05. The van der Waals surface area contributed by atoms with Crippen LogP contribution >= 0.6 is 11.3 Å². The standard InChI is InChI=1S/C18H15N3O2S/c1-23-12-7-8-14-16(10-12)24-18(19-14)21-20-17-13-5-3-2-4-11(13)6-9-15(17)22/h2-11,13H,1H3,(H,19,21)/b20-17+/t11-,13-/m1/s1. The lowest BCUT2D eigenvalue weighted by atomic mass is 9.79. The minimum Gasteiger partial charge on any atom is -0.497 e. The van der Waals surface area contributed by atoms with E-state index in [9.17, 15) is 4.79 Å². The van der Waals surface area contributed by atoms with E-state index in [0.717, 1.165) is 16.0 Å². The second-order valence-electron chi connectivity index (χ2n) is 5.56. The molecule has 0 unspecified atom stereocenters. The number of nitrogens with zero attached hydrogens (tertiary/aromatic N) is 2. The summed E-state index contributed by atoms with van der Waals surface area (Å²) >= 11 is 1.48. The van der Waals surface area contributed by atoms with Gasteiger partial charge >= 0.3 is 0 Å². The molecule has 2 aliphatic carbocycles. The molecule has 2 aromatic rings. The van der Waals surface area contributed by atoms with E-state index >= 15 is 0 Å². The number of ether oxygens (including phenoxy) is 1. The topological polar surface area (TPSA) is 63.6 Å². The third kappa shape index (κ3) is 2.65. The van der Waals surface area contributed by atoms with Crippen molar-refractivity contribution in [2.75, 3.05) is 12.5 Å². The summed E-state index contributed by atoms with van der Waals surface area (Å²) in [5.74, 6) is 0.896. The van der Waals surface area contributed by atoms with Crippen molar-refractivity contribution in [3.8, 4) is 5.75 Å². The number of hydrazone groups is 1. The molecule has 2 aliphatic rings. The summed E-state index contributed by atoms with van der Waals surface area (Å²) in [6, 6.07) is 5.71. The van der Waals surface area contributed by atoms with E-state index in [2.05, 4.69) is 21.6 Å². The van der Waals surface area contributed by atoms with Crippen LogP contribution in [0.3, 0.4) is 0 Å². The molecule has 1 aromatic carbocycles. The first-order valence-corrected chi connectivity index (χ1v) is 8.42. The average molecular weight is 337 g/mol. The van der Waals surface area contributed by atoms with Crippen molar-refractivity contribution in [3.05, 3.63) is 54.7 Å². The zero-order valence-corrected chi connectivity index (χ0v) is 13.8. The first-order valence-electron chi connectivity index (χ1n) is 7.60. The van der Waals surface area contributed by atoms with Crippen LogP contribution in [0.25, 0.3) is 10.2 Å². The summed E-state index contributed by atoms with van der Waals surface area (Å²) < 4.78 is 6.23. The van der Waals surface area contributed by atoms with Crippen LogP contribution in [0, 0.1) is 11.8 Å². The monoisotopic (exact) mass is 337 g/mol. The molecule has 0 aliphatic heterocycles. The van der Waals surface area contributed by atoms with Gasteiger partial charge in [-0.3, -0.25) is 10.2 Å². The van der Waals surface area contributed by atoms with Gasteiger partial charge in [0.25, 0.3) is 0 Å². The van der Waals surface area contributed by atoms with Gasteiger partial charge in [-0.1, -0.05) is 41.7 Å². The number of hydrogen-bond donors (Lipinski definition) is 1. The van der Waals surface area contributed by atoms with Gasteiger partial charge in [0.05, 0.1) is 17.3 Å². The number of hydrogen-bond acceptors (Lipinski definition) is 6. The molecular weight excluding hydrogens is 322 g/mol. The molecule has 0 radical (unpaired) electrons. The molecule has 5 nitrogen and oxygen atoms in total. The molecule has 0 saturated heterocycles. The molecule has 4 rings (SSSR count). The lowest BCUT2D eigenvalue weighted by molar-refractivity contribution is -0.109. The normalized spacial score (nSPS) is 23.7. The third-order valence-electron chi connectivity index (χ3n) is 4.08. The van der Waals surface area contributed by atoms with Crippen LogP contribution in [-0.4, -0.2) is 23.6 Å². The van der Waals surface area contributed by atoms with E-state index in [1.807, 2.05) is 42.5 Å². The van der Waals surface area contributed by atoms with E-state index in [4.69, 9.17) is 4.74 Å². The average Bonchev–Trinajstić information content (AvgIpc) is 3.02. The molecule has 24 heavy (non-hydrogen) atoms. The zero-order chi connectivity index (χ0) is 16.5. The second-order valence-corrected chi connectivity index (χ2v) is 6.59. The van der Waals surface area contributed by atoms with Gasteiger partial charge in [-0.05, 0) is 24.3 Å². The lowest BCUT2D eigenvalue weighted by Gasteiger charge is -2.24. The molecule has 0 fully saturated rings. The predicted molar refractivity (Wildman–Crippen MR) is 96.6 cm³/mol. The maximum Gasteiger partial charge on any atom is 0.204 e. The highest BCUT2D eigenvalue weighted by Crippen LogP contribution is 2.30. The van der Waals surface area contributed by atoms with Crippen molar-refractivity contribution in [2.45, 2.75) is 0 Å². The number of fused-ring (bicyclic) bond motifs is 2. The highest BCUT2D eigenvalue weighted by Gasteiger charge is 2.29. The van der Waals surface area contributed by atoms with E-state index in [1.165, 1.54) is 11.3 Å². The van der Waals surface area contributed by atoms with Crippen LogP contribution in [0.2, 0.25) is 0 Å². The van der Waals surface area contributed by atoms with Crippen molar-refractivity contribution in [1.29, 1.82) is 0 Å². The fourth-order valence-corrected chi connectivity index (χ4v) is 3.68. The first kappa shape index (κ1) is 14.8. The minimum atomic E-state index is -0.0634. The van der Waals surface area contributed by atoms with Gasteiger partial charge in [-0.15, -0.1) is 0 Å². The molecule has 0 bridgehead atoms. The molecule has 1 heterocycles. The van der Waals surface area contributed by atoms with Crippen molar-refractivity contribution in [3.63, 3.8) is 0 Å². The van der Waals surface area contributed by atoms with Crippen LogP contribution in [0.4, 0.5) is 5.13 Å². The Hall–Kier alpha value is -2.73. The zero-order valence-electron chi connectivity index (χ0n) is 13.0. The Morgan fingerprint density at radius 1 is 1.25 bits per heavy atom. The van der Waals surface area contributed by atoms with E-state index < -0.39 is 0 Å². The molecular formula is C18H15N3O2S. The Bertz CT molecular complexity index is 923. The Labute approximate surface area is 143 Å². The fourth-order valence-electron chi connectivity index (χ4n) is 2.85. The number of benzene rings is 1. The molecule has 2 atom stereocenters. The number of allylic oxidation sites excluding steroid dienone is 6. The minimum absolute atomic E-state index is 0.0190. The van der Waals surface area contributed by atoms with Crippen molar-refractivity contribution in [1.82, 2.24) is 4.98 Å². The number of carbonyl (C=O) groups excluding carboxylic acids is 1. The first-order chi connectivity index (χ1) is 11.7. The van der Waals surface area contributed by atoms with Gasteiger partial charge in [-0.2, -0.15) is 5.10 Å². The molecule has 1 aromatic heterocycles. The lowest BCUT2D eigenvalue weighted by Crippen LogP contribution is -2.31.